The van der Waals surface area contributed by atoms with Crippen LogP contribution in [0.5, 0.6) is 0 Å². The van der Waals surface area contributed by atoms with E-state index in [1.165, 1.54) is 4.31 Å². The number of hydrogen-bond acceptors (Lipinski definition) is 3. The van der Waals surface area contributed by atoms with Gasteiger partial charge in [0.15, 0.2) is 0 Å². The molecule has 0 bridgehead atoms. The topological polar surface area (TPSA) is 49.4 Å². The Labute approximate surface area is 129 Å². The molecule has 21 heavy (non-hydrogen) atoms. The van der Waals surface area contributed by atoms with Crippen molar-refractivity contribution in [1.29, 1.82) is 0 Å². The van der Waals surface area contributed by atoms with Gasteiger partial charge in [-0.05, 0) is 38.0 Å². The van der Waals surface area contributed by atoms with Crippen molar-refractivity contribution < 1.29 is 8.42 Å². The normalized spacial score (nSPS) is 13.1. The number of sulfonamides is 1. The van der Waals surface area contributed by atoms with E-state index in [-0.39, 0.29) is 0 Å². The Morgan fingerprint density at radius 3 is 2.14 bits per heavy atom. The van der Waals surface area contributed by atoms with Crippen LogP contribution >= 0.6 is 0 Å². The van der Waals surface area contributed by atoms with Gasteiger partial charge in [-0.1, -0.05) is 32.9 Å². The van der Waals surface area contributed by atoms with E-state index in [0.29, 0.717) is 10.9 Å². The first-order valence-electron chi connectivity index (χ1n) is 7.42. The number of nitrogens with one attached hydrogen (secondary N) is 1. The molecule has 5 heteroatoms. The Morgan fingerprint density at radius 2 is 1.71 bits per heavy atom. The van der Waals surface area contributed by atoms with Crippen molar-refractivity contribution in [3.63, 3.8) is 0 Å². The molecule has 1 aromatic carbocycles. The predicted octanol–water partition coefficient (Wildman–Crippen LogP) is 2.99. The monoisotopic (exact) mass is 312 g/mol. The van der Waals surface area contributed by atoms with Gasteiger partial charge in [0.05, 0.1) is 4.90 Å². The Kier molecular flexibility index (Phi) is 5.96. The van der Waals surface area contributed by atoms with Gasteiger partial charge in [-0.3, -0.25) is 0 Å². The van der Waals surface area contributed by atoms with Crippen molar-refractivity contribution >= 4 is 10.0 Å². The van der Waals surface area contributed by atoms with E-state index in [4.69, 9.17) is 0 Å². The quantitative estimate of drug-likeness (QED) is 0.842. The second-order valence-corrected chi connectivity index (χ2v) is 8.29. The highest BCUT2D eigenvalue weighted by atomic mass is 32.2. The maximum absolute atomic E-state index is 12.6. The van der Waals surface area contributed by atoms with E-state index in [9.17, 15) is 8.42 Å². The van der Waals surface area contributed by atoms with Gasteiger partial charge in [0.25, 0.3) is 0 Å². The van der Waals surface area contributed by atoms with E-state index >= 15 is 0 Å². The molecule has 0 amide bonds. The fourth-order valence-electron chi connectivity index (χ4n) is 1.81. The fraction of sp³-hybridized carbons (Fsp3) is 0.625. The molecular formula is C16H28N2O2S. The van der Waals surface area contributed by atoms with Crippen LogP contribution in [0, 0.1) is 0 Å². The minimum absolute atomic E-state index is 0.347. The average Bonchev–Trinajstić information content (AvgIpc) is 2.44. The third-order valence-corrected chi connectivity index (χ3v) is 6.10. The van der Waals surface area contributed by atoms with Crippen molar-refractivity contribution in [2.24, 2.45) is 0 Å². The summed E-state index contributed by atoms with van der Waals surface area (Å²) in [7, 11) is -1.80. The standard InChI is InChI=1S/C16H28N2O2S/c1-7-16(4,5)18(6)21(19,20)15-10-8-14(9-11-15)12-17-13(2)3/h8-11,13,17H,7,12H2,1-6H3. The third kappa shape index (κ3) is 4.53. The lowest BCUT2D eigenvalue weighted by molar-refractivity contribution is 0.257. The summed E-state index contributed by atoms with van der Waals surface area (Å²) in [5.74, 6) is 0. The van der Waals surface area contributed by atoms with E-state index in [1.807, 2.05) is 32.9 Å². The molecule has 0 aromatic heterocycles. The van der Waals surface area contributed by atoms with Gasteiger partial charge in [0.1, 0.15) is 0 Å². The molecule has 0 aliphatic heterocycles. The van der Waals surface area contributed by atoms with E-state index in [0.717, 1.165) is 18.5 Å². The highest BCUT2D eigenvalue weighted by molar-refractivity contribution is 7.89. The van der Waals surface area contributed by atoms with Crippen LogP contribution in [0.4, 0.5) is 0 Å². The van der Waals surface area contributed by atoms with Gasteiger partial charge in [-0.2, -0.15) is 4.31 Å². The zero-order valence-corrected chi connectivity index (χ0v) is 14.8. The van der Waals surface area contributed by atoms with Crippen LogP contribution in [0.3, 0.4) is 0 Å². The second-order valence-electron chi connectivity index (χ2n) is 6.32. The van der Waals surface area contributed by atoms with Gasteiger partial charge in [-0.15, -0.1) is 0 Å². The SMILES string of the molecule is CCC(C)(C)N(C)S(=O)(=O)c1ccc(CNC(C)C)cc1. The van der Waals surface area contributed by atoms with Crippen LogP contribution in [0.15, 0.2) is 29.2 Å². The molecule has 4 nitrogen and oxygen atoms in total. The minimum Gasteiger partial charge on any atom is -0.310 e. The van der Waals surface area contributed by atoms with Crippen molar-refractivity contribution in [3.8, 4) is 0 Å². The fourth-order valence-corrected chi connectivity index (χ4v) is 3.38. The molecule has 1 N–H and O–H groups in total. The summed E-state index contributed by atoms with van der Waals surface area (Å²) >= 11 is 0. The molecule has 1 rings (SSSR count). The van der Waals surface area contributed by atoms with E-state index in [1.54, 1.807) is 19.2 Å². The number of rotatable bonds is 7. The molecule has 0 atom stereocenters. The lowest BCUT2D eigenvalue weighted by Crippen LogP contribution is -2.44. The molecule has 120 valence electrons. The van der Waals surface area contributed by atoms with Gasteiger partial charge in [0, 0.05) is 25.2 Å². The van der Waals surface area contributed by atoms with Crippen molar-refractivity contribution in [2.75, 3.05) is 7.05 Å². The van der Waals surface area contributed by atoms with Crippen LogP contribution in [0.2, 0.25) is 0 Å². The van der Waals surface area contributed by atoms with Crippen molar-refractivity contribution in [2.45, 2.75) is 64.1 Å². The number of hydrogen-bond donors (Lipinski definition) is 1. The van der Waals surface area contributed by atoms with Crippen molar-refractivity contribution in [3.05, 3.63) is 29.8 Å². The smallest absolute Gasteiger partial charge is 0.243 e. The van der Waals surface area contributed by atoms with Crippen molar-refractivity contribution in [1.82, 2.24) is 9.62 Å². The minimum atomic E-state index is -3.44. The van der Waals surface area contributed by atoms with Crippen LogP contribution in [-0.2, 0) is 16.6 Å². The highest BCUT2D eigenvalue weighted by Crippen LogP contribution is 2.25. The Bertz CT molecular complexity index is 548. The summed E-state index contributed by atoms with van der Waals surface area (Å²) in [6.07, 6.45) is 0.763. The second kappa shape index (κ2) is 6.90. The van der Waals surface area contributed by atoms with Gasteiger partial charge in [0.2, 0.25) is 10.0 Å². The Balaban J connectivity index is 2.95. The van der Waals surface area contributed by atoms with Gasteiger partial charge < -0.3 is 5.32 Å². The summed E-state index contributed by atoms with van der Waals surface area (Å²) in [5, 5.41) is 3.32. The molecule has 0 spiro atoms. The summed E-state index contributed by atoms with van der Waals surface area (Å²) in [6, 6.07) is 7.53. The molecule has 0 saturated carbocycles. The molecule has 0 fully saturated rings. The average molecular weight is 312 g/mol. The summed E-state index contributed by atoms with van der Waals surface area (Å²) in [5.41, 5.74) is 0.691. The summed E-state index contributed by atoms with van der Waals surface area (Å²) < 4.78 is 26.7. The molecule has 0 saturated heterocycles. The number of benzene rings is 1. The molecule has 0 aliphatic rings. The zero-order valence-electron chi connectivity index (χ0n) is 14.0. The van der Waals surface area contributed by atoms with Crippen LogP contribution in [0.25, 0.3) is 0 Å². The molecule has 0 aliphatic carbocycles. The first kappa shape index (κ1) is 18.1. The molecular weight excluding hydrogens is 284 g/mol. The van der Waals surface area contributed by atoms with Gasteiger partial charge >= 0.3 is 0 Å². The zero-order chi connectivity index (χ0) is 16.3. The van der Waals surface area contributed by atoms with Crippen LogP contribution in [0.1, 0.15) is 46.6 Å². The maximum atomic E-state index is 12.6. The van der Waals surface area contributed by atoms with Crippen LogP contribution < -0.4 is 5.32 Å². The molecule has 0 radical (unpaired) electrons. The lowest BCUT2D eigenvalue weighted by Gasteiger charge is -2.33. The first-order chi connectivity index (χ1) is 9.61. The summed E-state index contributed by atoms with van der Waals surface area (Å²) in [6.45, 7) is 10.8. The lowest BCUT2D eigenvalue weighted by atomic mass is 10.0. The largest absolute Gasteiger partial charge is 0.310 e. The Morgan fingerprint density at radius 1 is 1.19 bits per heavy atom. The predicted molar refractivity (Wildman–Crippen MR) is 87.7 cm³/mol. The van der Waals surface area contributed by atoms with E-state index in [2.05, 4.69) is 19.2 Å². The van der Waals surface area contributed by atoms with Gasteiger partial charge in [-0.25, -0.2) is 8.42 Å². The third-order valence-electron chi connectivity index (χ3n) is 4.01. The molecule has 0 unspecified atom stereocenters. The Hall–Kier alpha value is -0.910. The maximum Gasteiger partial charge on any atom is 0.243 e. The summed E-state index contributed by atoms with van der Waals surface area (Å²) in [4.78, 5) is 0.347. The number of nitrogens with zero attached hydrogens (tertiary/aromatic N) is 1. The first-order valence-corrected chi connectivity index (χ1v) is 8.86. The molecule has 1 aromatic rings. The molecule has 0 heterocycles. The van der Waals surface area contributed by atoms with E-state index < -0.39 is 15.6 Å². The highest BCUT2D eigenvalue weighted by Gasteiger charge is 2.32. The van der Waals surface area contributed by atoms with Crippen LogP contribution in [-0.4, -0.2) is 31.4 Å².